The molecule has 0 spiro atoms. The van der Waals surface area contributed by atoms with E-state index in [1.54, 1.807) is 0 Å². The van der Waals surface area contributed by atoms with Crippen molar-refractivity contribution in [3.63, 3.8) is 0 Å². The van der Waals surface area contributed by atoms with Crippen LogP contribution in [0, 0.1) is 0 Å². The van der Waals surface area contributed by atoms with Crippen LogP contribution in [0.1, 0.15) is 17.3 Å². The fourth-order valence-electron chi connectivity index (χ4n) is 0.881. The highest BCUT2D eigenvalue weighted by atomic mass is 79.9. The average Bonchev–Trinajstić information content (AvgIpc) is 2.07. The van der Waals surface area contributed by atoms with Gasteiger partial charge in [0, 0.05) is 22.7 Å². The van der Waals surface area contributed by atoms with Gasteiger partial charge in [0.1, 0.15) is 0 Å². The smallest absolute Gasteiger partial charge is 0.0474 e. The van der Waals surface area contributed by atoms with Gasteiger partial charge in [0.05, 0.1) is 0 Å². The number of benzene rings is 1. The van der Waals surface area contributed by atoms with E-state index >= 15 is 0 Å². The number of rotatable bonds is 1. The molecule has 0 aromatic heterocycles. The van der Waals surface area contributed by atoms with Crippen molar-refractivity contribution in [1.82, 2.24) is 0 Å². The first-order chi connectivity index (χ1) is 5.95. The first-order valence-electron chi connectivity index (χ1n) is 3.42. The highest BCUT2D eigenvalue weighted by molar-refractivity contribution is 9.15. The van der Waals surface area contributed by atoms with Crippen LogP contribution in [0.25, 0.3) is 0 Å². The normalized spacial score (nSPS) is 13.1. The molecule has 1 aromatic rings. The third-order valence-corrected chi connectivity index (χ3v) is 6.75. The van der Waals surface area contributed by atoms with Crippen molar-refractivity contribution in [2.45, 2.75) is 11.8 Å². The standard InChI is InChI=1S/C8H5Br5/c1-3(9)4-2-5(10)7(12)8(13)6(4)11/h2-3H,1H3. The SMILES string of the molecule is CC(Br)c1cc(Br)c(Br)c(Br)c1Br. The van der Waals surface area contributed by atoms with Gasteiger partial charge in [-0.05, 0) is 82.3 Å². The van der Waals surface area contributed by atoms with Crippen molar-refractivity contribution in [2.24, 2.45) is 0 Å². The van der Waals surface area contributed by atoms with Gasteiger partial charge in [-0.1, -0.05) is 15.9 Å². The lowest BCUT2D eigenvalue weighted by Crippen LogP contribution is -1.89. The Morgan fingerprint density at radius 3 is 2.00 bits per heavy atom. The summed E-state index contributed by atoms with van der Waals surface area (Å²) in [5, 5.41) is 0. The third kappa shape index (κ3) is 2.80. The van der Waals surface area contributed by atoms with Gasteiger partial charge in [-0.2, -0.15) is 0 Å². The van der Waals surface area contributed by atoms with Crippen molar-refractivity contribution in [3.05, 3.63) is 29.5 Å². The summed E-state index contributed by atoms with van der Waals surface area (Å²) in [6, 6.07) is 2.08. The number of halogens is 5. The number of alkyl halides is 1. The molecule has 72 valence electrons. The molecule has 0 saturated carbocycles. The maximum absolute atomic E-state index is 3.54. The lowest BCUT2D eigenvalue weighted by atomic mass is 10.2. The molecular weight excluding hydrogens is 496 g/mol. The third-order valence-electron chi connectivity index (χ3n) is 1.56. The van der Waals surface area contributed by atoms with Gasteiger partial charge >= 0.3 is 0 Å². The van der Waals surface area contributed by atoms with Crippen LogP contribution in [0.15, 0.2) is 24.0 Å². The highest BCUT2D eigenvalue weighted by Crippen LogP contribution is 2.42. The molecule has 0 saturated heterocycles. The quantitative estimate of drug-likeness (QED) is 0.245. The van der Waals surface area contributed by atoms with E-state index in [2.05, 4.69) is 92.6 Å². The minimum Gasteiger partial charge on any atom is -0.0841 e. The minimum absolute atomic E-state index is 0.322. The molecule has 0 aliphatic rings. The van der Waals surface area contributed by atoms with Gasteiger partial charge in [-0.25, -0.2) is 0 Å². The van der Waals surface area contributed by atoms with E-state index in [1.807, 2.05) is 0 Å². The van der Waals surface area contributed by atoms with E-state index in [0.717, 1.165) is 17.9 Å². The average molecular weight is 501 g/mol. The first kappa shape index (κ1) is 12.7. The maximum Gasteiger partial charge on any atom is 0.0474 e. The first-order valence-corrected chi connectivity index (χ1v) is 7.51. The molecule has 5 heteroatoms. The van der Waals surface area contributed by atoms with Crippen LogP contribution in [-0.4, -0.2) is 0 Å². The topological polar surface area (TPSA) is 0 Å². The van der Waals surface area contributed by atoms with Gasteiger partial charge in [0.2, 0.25) is 0 Å². The summed E-state index contributed by atoms with van der Waals surface area (Å²) in [6.45, 7) is 2.09. The van der Waals surface area contributed by atoms with E-state index < -0.39 is 0 Å². The zero-order chi connectivity index (χ0) is 10.2. The Morgan fingerprint density at radius 2 is 1.54 bits per heavy atom. The van der Waals surface area contributed by atoms with Crippen LogP contribution in [-0.2, 0) is 0 Å². The second kappa shape index (κ2) is 5.10. The highest BCUT2D eigenvalue weighted by Gasteiger charge is 2.14. The molecule has 0 fully saturated rings. The predicted octanol–water partition coefficient (Wildman–Crippen LogP) is 6.19. The van der Waals surface area contributed by atoms with E-state index in [1.165, 1.54) is 5.56 Å². The summed E-state index contributed by atoms with van der Waals surface area (Å²) in [4.78, 5) is 0.322. The predicted molar refractivity (Wildman–Crippen MR) is 74.6 cm³/mol. The second-order valence-electron chi connectivity index (χ2n) is 2.51. The Morgan fingerprint density at radius 1 is 1.00 bits per heavy atom. The van der Waals surface area contributed by atoms with Crippen LogP contribution < -0.4 is 0 Å². The Kier molecular flexibility index (Phi) is 4.98. The van der Waals surface area contributed by atoms with Crippen LogP contribution in [0.5, 0.6) is 0 Å². The molecule has 0 heterocycles. The summed E-state index contributed by atoms with van der Waals surface area (Å²) in [5.41, 5.74) is 1.21. The van der Waals surface area contributed by atoms with Gasteiger partial charge in [0.25, 0.3) is 0 Å². The molecule has 1 rings (SSSR count). The lowest BCUT2D eigenvalue weighted by Gasteiger charge is -2.11. The van der Waals surface area contributed by atoms with Crippen molar-refractivity contribution >= 4 is 79.6 Å². The van der Waals surface area contributed by atoms with Crippen molar-refractivity contribution in [1.29, 1.82) is 0 Å². The summed E-state index contributed by atoms with van der Waals surface area (Å²) >= 11 is 17.5. The van der Waals surface area contributed by atoms with Gasteiger partial charge in [-0.3, -0.25) is 0 Å². The molecule has 0 aliphatic carbocycles. The van der Waals surface area contributed by atoms with Crippen LogP contribution in [0.4, 0.5) is 0 Å². The summed E-state index contributed by atoms with van der Waals surface area (Å²) in [5.74, 6) is 0. The Bertz CT molecular complexity index is 332. The van der Waals surface area contributed by atoms with Crippen LogP contribution in [0.2, 0.25) is 0 Å². The van der Waals surface area contributed by atoms with Crippen LogP contribution in [0.3, 0.4) is 0 Å². The molecule has 0 bridgehead atoms. The fraction of sp³-hybridized carbons (Fsp3) is 0.250. The molecule has 0 aliphatic heterocycles. The lowest BCUT2D eigenvalue weighted by molar-refractivity contribution is 1.10. The zero-order valence-corrected chi connectivity index (χ0v) is 14.5. The van der Waals surface area contributed by atoms with Gasteiger partial charge in [0.15, 0.2) is 0 Å². The summed E-state index contributed by atoms with van der Waals surface area (Å²) in [6.07, 6.45) is 0. The monoisotopic (exact) mass is 496 g/mol. The Labute approximate surface area is 119 Å². The molecule has 0 amide bonds. The Balaban J connectivity index is 3.41. The molecule has 0 nitrogen and oxygen atoms in total. The van der Waals surface area contributed by atoms with Crippen molar-refractivity contribution in [2.75, 3.05) is 0 Å². The molecular formula is C8H5Br5. The fourth-order valence-corrected chi connectivity index (χ4v) is 3.94. The van der Waals surface area contributed by atoms with Crippen molar-refractivity contribution in [3.8, 4) is 0 Å². The molecule has 1 atom stereocenters. The number of hydrogen-bond acceptors (Lipinski definition) is 0. The molecule has 1 unspecified atom stereocenters. The van der Waals surface area contributed by atoms with Crippen molar-refractivity contribution < 1.29 is 0 Å². The molecule has 13 heavy (non-hydrogen) atoms. The molecule has 1 aromatic carbocycles. The maximum atomic E-state index is 3.54. The van der Waals surface area contributed by atoms with E-state index in [0.29, 0.717) is 4.83 Å². The van der Waals surface area contributed by atoms with Gasteiger partial charge < -0.3 is 0 Å². The summed E-state index contributed by atoms with van der Waals surface area (Å²) in [7, 11) is 0. The van der Waals surface area contributed by atoms with E-state index in [4.69, 9.17) is 0 Å². The summed E-state index contributed by atoms with van der Waals surface area (Å²) < 4.78 is 4.18. The van der Waals surface area contributed by atoms with E-state index in [-0.39, 0.29) is 0 Å². The minimum atomic E-state index is 0.322. The second-order valence-corrected chi connectivity index (χ2v) is 7.11. The molecule has 0 radical (unpaired) electrons. The van der Waals surface area contributed by atoms with E-state index in [9.17, 15) is 0 Å². The molecule has 0 N–H and O–H groups in total. The zero-order valence-electron chi connectivity index (χ0n) is 6.54. The Hall–Kier alpha value is 1.62. The largest absolute Gasteiger partial charge is 0.0841 e. The van der Waals surface area contributed by atoms with Gasteiger partial charge in [-0.15, -0.1) is 0 Å². The van der Waals surface area contributed by atoms with Crippen LogP contribution >= 0.6 is 79.6 Å². The number of hydrogen-bond donors (Lipinski definition) is 0.